The van der Waals surface area contributed by atoms with E-state index < -0.39 is 10.2 Å². The predicted octanol–water partition coefficient (Wildman–Crippen LogP) is 2.63. The van der Waals surface area contributed by atoms with Gasteiger partial charge in [0.1, 0.15) is 0 Å². The second-order valence-electron chi connectivity index (χ2n) is 2.23. The van der Waals surface area contributed by atoms with Crippen molar-refractivity contribution in [3.8, 4) is 0 Å². The van der Waals surface area contributed by atoms with Crippen LogP contribution < -0.4 is 0 Å². The van der Waals surface area contributed by atoms with Crippen LogP contribution in [0.4, 0.5) is 5.69 Å². The number of nitro groups is 1. The summed E-state index contributed by atoms with van der Waals surface area (Å²) in [4.78, 5) is 20.3. The molecule has 1 rings (SSSR count). The van der Waals surface area contributed by atoms with Gasteiger partial charge in [0.05, 0.1) is 4.92 Å². The van der Waals surface area contributed by atoms with Crippen molar-refractivity contribution in [2.24, 2.45) is 0 Å². The number of nitrogens with zero attached hydrogens (tertiary/aromatic N) is 1. The lowest BCUT2D eigenvalue weighted by Gasteiger charge is -1.95. The summed E-state index contributed by atoms with van der Waals surface area (Å²) >= 11 is 10.7. The molecule has 0 aliphatic heterocycles. The molecule has 0 aliphatic rings. The van der Waals surface area contributed by atoms with Gasteiger partial charge in [-0.3, -0.25) is 14.9 Å². The van der Waals surface area contributed by atoms with Crippen molar-refractivity contribution in [1.82, 2.24) is 0 Å². The highest BCUT2D eigenvalue weighted by atomic mass is 35.5. The normalized spacial score (nSPS) is 9.69. The van der Waals surface area contributed by atoms with Crippen molar-refractivity contribution in [2.45, 2.75) is 0 Å². The molecule has 0 bridgehead atoms. The Kier molecular flexibility index (Phi) is 2.85. The molecule has 6 heteroatoms. The fourth-order valence-corrected chi connectivity index (χ4v) is 1.13. The molecule has 0 atom stereocenters. The second kappa shape index (κ2) is 3.72. The van der Waals surface area contributed by atoms with Crippen LogP contribution in [0.2, 0.25) is 5.02 Å². The first-order valence-corrected chi connectivity index (χ1v) is 3.91. The molecule has 0 saturated carbocycles. The SMILES string of the molecule is O=C(Cl)c1cc(Cl)cc([N+](=O)[O-])c1. The molecular formula is C7H3Cl2NO3. The highest BCUT2D eigenvalue weighted by Gasteiger charge is 2.11. The van der Waals surface area contributed by atoms with Gasteiger partial charge < -0.3 is 0 Å². The number of carbonyl (C=O) groups excluding carboxylic acids is 1. The number of halogens is 2. The van der Waals surface area contributed by atoms with Gasteiger partial charge in [-0.25, -0.2) is 0 Å². The van der Waals surface area contributed by atoms with E-state index in [9.17, 15) is 14.9 Å². The number of hydrogen-bond donors (Lipinski definition) is 0. The van der Waals surface area contributed by atoms with E-state index in [4.69, 9.17) is 23.2 Å². The molecule has 68 valence electrons. The van der Waals surface area contributed by atoms with Crippen LogP contribution in [0.25, 0.3) is 0 Å². The first-order valence-electron chi connectivity index (χ1n) is 3.15. The van der Waals surface area contributed by atoms with Crippen LogP contribution in [-0.2, 0) is 0 Å². The number of non-ortho nitro benzene ring substituents is 1. The van der Waals surface area contributed by atoms with Crippen molar-refractivity contribution in [2.75, 3.05) is 0 Å². The molecule has 0 unspecified atom stereocenters. The summed E-state index contributed by atoms with van der Waals surface area (Å²) in [7, 11) is 0. The van der Waals surface area contributed by atoms with Crippen LogP contribution in [0.3, 0.4) is 0 Å². The van der Waals surface area contributed by atoms with Crippen molar-refractivity contribution >= 4 is 34.1 Å². The molecular weight excluding hydrogens is 217 g/mol. The minimum Gasteiger partial charge on any atom is -0.276 e. The largest absolute Gasteiger partial charge is 0.276 e. The van der Waals surface area contributed by atoms with Gasteiger partial charge in [0.15, 0.2) is 0 Å². The van der Waals surface area contributed by atoms with Gasteiger partial charge in [0.25, 0.3) is 10.9 Å². The molecule has 1 aromatic rings. The predicted molar refractivity (Wildman–Crippen MR) is 48.3 cm³/mol. The average Bonchev–Trinajstić information content (AvgIpc) is 2.03. The maximum Gasteiger partial charge on any atom is 0.271 e. The van der Waals surface area contributed by atoms with E-state index in [1.807, 2.05) is 0 Å². The summed E-state index contributed by atoms with van der Waals surface area (Å²) in [5, 5.41) is 9.66. The van der Waals surface area contributed by atoms with E-state index in [-0.39, 0.29) is 16.3 Å². The van der Waals surface area contributed by atoms with Crippen molar-refractivity contribution in [1.29, 1.82) is 0 Å². The van der Waals surface area contributed by atoms with Crippen LogP contribution >= 0.6 is 23.2 Å². The average molecular weight is 220 g/mol. The van der Waals surface area contributed by atoms with Crippen LogP contribution in [0, 0.1) is 10.1 Å². The molecule has 0 radical (unpaired) electrons. The number of nitro benzene ring substituents is 1. The summed E-state index contributed by atoms with van der Waals surface area (Å²) in [6.45, 7) is 0. The summed E-state index contributed by atoms with van der Waals surface area (Å²) < 4.78 is 0. The van der Waals surface area contributed by atoms with Crippen LogP contribution in [0.1, 0.15) is 10.4 Å². The Hall–Kier alpha value is -1.13. The number of rotatable bonds is 2. The molecule has 0 aromatic heterocycles. The lowest BCUT2D eigenvalue weighted by Crippen LogP contribution is -1.93. The van der Waals surface area contributed by atoms with Crippen molar-refractivity contribution in [3.63, 3.8) is 0 Å². The van der Waals surface area contributed by atoms with E-state index >= 15 is 0 Å². The third-order valence-electron chi connectivity index (χ3n) is 1.32. The van der Waals surface area contributed by atoms with E-state index in [2.05, 4.69) is 0 Å². The lowest BCUT2D eigenvalue weighted by atomic mass is 10.2. The zero-order valence-corrected chi connectivity index (χ0v) is 7.67. The van der Waals surface area contributed by atoms with Crippen LogP contribution in [0.5, 0.6) is 0 Å². The quantitative estimate of drug-likeness (QED) is 0.437. The highest BCUT2D eigenvalue weighted by molar-refractivity contribution is 6.67. The Labute approximate surface area is 83.2 Å². The molecule has 0 heterocycles. The minimum absolute atomic E-state index is 0.0147. The first kappa shape index (κ1) is 9.95. The maximum atomic E-state index is 10.7. The fourth-order valence-electron chi connectivity index (χ4n) is 0.793. The summed E-state index contributed by atoms with van der Waals surface area (Å²) in [5.41, 5.74) is -0.239. The van der Waals surface area contributed by atoms with Gasteiger partial charge in [-0.1, -0.05) is 11.6 Å². The molecule has 0 fully saturated rings. The van der Waals surface area contributed by atoms with Gasteiger partial charge in [0, 0.05) is 22.7 Å². The van der Waals surface area contributed by atoms with Gasteiger partial charge in [0.2, 0.25) is 0 Å². The van der Waals surface area contributed by atoms with E-state index in [0.717, 1.165) is 12.1 Å². The van der Waals surface area contributed by atoms with Gasteiger partial charge in [-0.15, -0.1) is 0 Å². The second-order valence-corrected chi connectivity index (χ2v) is 3.01. The van der Waals surface area contributed by atoms with Crippen LogP contribution in [0.15, 0.2) is 18.2 Å². The summed E-state index contributed by atoms with van der Waals surface area (Å²) in [6.07, 6.45) is 0. The molecule has 1 aromatic carbocycles. The molecule has 13 heavy (non-hydrogen) atoms. The topological polar surface area (TPSA) is 60.2 Å². The Balaban J connectivity index is 3.26. The number of carbonyl (C=O) groups is 1. The van der Waals surface area contributed by atoms with Crippen LogP contribution in [-0.4, -0.2) is 10.2 Å². The van der Waals surface area contributed by atoms with Crippen molar-refractivity contribution in [3.05, 3.63) is 38.9 Å². The summed E-state index contributed by atoms with van der Waals surface area (Å²) in [6, 6.07) is 3.48. The molecule has 0 amide bonds. The minimum atomic E-state index is -0.773. The zero-order chi connectivity index (χ0) is 10.0. The first-order chi connectivity index (χ1) is 6.00. The van der Waals surface area contributed by atoms with Gasteiger partial charge in [-0.05, 0) is 17.7 Å². The van der Waals surface area contributed by atoms with Gasteiger partial charge >= 0.3 is 0 Å². The zero-order valence-electron chi connectivity index (χ0n) is 6.16. The standard InChI is InChI=1S/C7H3Cl2NO3/c8-5-1-4(7(9)11)2-6(3-5)10(12)13/h1-3H. The Bertz CT molecular complexity index is 346. The lowest BCUT2D eigenvalue weighted by molar-refractivity contribution is -0.384. The smallest absolute Gasteiger partial charge is 0.271 e. The third-order valence-corrected chi connectivity index (χ3v) is 1.76. The van der Waals surface area contributed by atoms with Crippen molar-refractivity contribution < 1.29 is 9.72 Å². The highest BCUT2D eigenvalue weighted by Crippen LogP contribution is 2.21. The molecule has 0 saturated heterocycles. The summed E-state index contributed by atoms with van der Waals surface area (Å²) in [5.74, 6) is 0. The third kappa shape index (κ3) is 2.40. The van der Waals surface area contributed by atoms with E-state index in [1.54, 1.807) is 0 Å². The Morgan fingerprint density at radius 1 is 1.38 bits per heavy atom. The molecule has 0 N–H and O–H groups in total. The molecule has 0 aliphatic carbocycles. The van der Waals surface area contributed by atoms with E-state index in [1.165, 1.54) is 6.07 Å². The Morgan fingerprint density at radius 2 is 2.00 bits per heavy atom. The molecule has 4 nitrogen and oxygen atoms in total. The Morgan fingerprint density at radius 3 is 2.46 bits per heavy atom. The number of hydrogen-bond acceptors (Lipinski definition) is 3. The van der Waals surface area contributed by atoms with E-state index in [0.29, 0.717) is 0 Å². The molecule has 0 spiro atoms. The fraction of sp³-hybridized carbons (Fsp3) is 0. The maximum absolute atomic E-state index is 10.7. The van der Waals surface area contributed by atoms with Gasteiger partial charge in [-0.2, -0.15) is 0 Å². The number of benzene rings is 1. The monoisotopic (exact) mass is 219 g/mol.